The molecule has 0 aromatic carbocycles. The number of hydrogen-bond acceptors (Lipinski definition) is 3. The number of rotatable bonds is 2. The molecule has 2 aromatic rings. The first kappa shape index (κ1) is 11.5. The highest BCUT2D eigenvalue weighted by molar-refractivity contribution is 9.10. The van der Waals surface area contributed by atoms with Crippen LogP contribution in [-0.4, -0.2) is 9.55 Å². The van der Waals surface area contributed by atoms with E-state index in [1.807, 2.05) is 19.9 Å². The van der Waals surface area contributed by atoms with Gasteiger partial charge >= 0.3 is 4.87 Å². The highest BCUT2D eigenvalue weighted by atomic mass is 79.9. The minimum atomic E-state index is 0.0926. The quantitative estimate of drug-likeness (QED) is 0.854. The predicted octanol–water partition coefficient (Wildman–Crippen LogP) is 2.73. The number of thiazole rings is 1. The molecule has 0 aliphatic heterocycles. The molecular weight excluding hydrogens is 288 g/mol. The predicted molar refractivity (Wildman–Crippen MR) is 69.1 cm³/mol. The first-order chi connectivity index (χ1) is 7.58. The molecular formula is C11H11BrN2OS. The third-order valence-corrected chi connectivity index (χ3v) is 3.91. The molecule has 0 atom stereocenters. The molecule has 0 aliphatic rings. The van der Waals surface area contributed by atoms with E-state index in [1.165, 1.54) is 11.3 Å². The minimum Gasteiger partial charge on any atom is -0.299 e. The lowest BCUT2D eigenvalue weighted by molar-refractivity contribution is 0.748. The summed E-state index contributed by atoms with van der Waals surface area (Å²) in [6.45, 7) is 4.52. The summed E-state index contributed by atoms with van der Waals surface area (Å²) in [5, 5.41) is 0. The molecule has 16 heavy (non-hydrogen) atoms. The van der Waals surface area contributed by atoms with Crippen LogP contribution < -0.4 is 4.87 Å². The van der Waals surface area contributed by atoms with Crippen LogP contribution in [0, 0.1) is 13.8 Å². The van der Waals surface area contributed by atoms with Gasteiger partial charge in [0.25, 0.3) is 0 Å². The summed E-state index contributed by atoms with van der Waals surface area (Å²) < 4.78 is 2.71. The van der Waals surface area contributed by atoms with Gasteiger partial charge < -0.3 is 0 Å². The van der Waals surface area contributed by atoms with Crippen LogP contribution in [0.3, 0.4) is 0 Å². The highest BCUT2D eigenvalue weighted by Gasteiger charge is 2.07. The van der Waals surface area contributed by atoms with Crippen molar-refractivity contribution in [2.24, 2.45) is 0 Å². The lowest BCUT2D eigenvalue weighted by Crippen LogP contribution is -2.15. The molecule has 0 aliphatic carbocycles. The highest BCUT2D eigenvalue weighted by Crippen LogP contribution is 2.14. The van der Waals surface area contributed by atoms with Gasteiger partial charge in [0, 0.05) is 27.4 Å². The lowest BCUT2D eigenvalue weighted by atomic mass is 10.3. The molecule has 0 bridgehead atoms. The number of nitrogens with zero attached hydrogens (tertiary/aromatic N) is 2. The number of halogens is 1. The molecule has 0 saturated carbocycles. The molecule has 0 N–H and O–H groups in total. The van der Waals surface area contributed by atoms with Crippen LogP contribution in [0.2, 0.25) is 0 Å². The molecule has 2 heterocycles. The summed E-state index contributed by atoms with van der Waals surface area (Å²) in [5.74, 6) is 0. The zero-order valence-electron chi connectivity index (χ0n) is 9.03. The van der Waals surface area contributed by atoms with Crippen LogP contribution >= 0.6 is 27.3 Å². The summed E-state index contributed by atoms with van der Waals surface area (Å²) in [4.78, 5) is 17.0. The average molecular weight is 299 g/mol. The van der Waals surface area contributed by atoms with Crippen molar-refractivity contribution in [1.82, 2.24) is 9.55 Å². The van der Waals surface area contributed by atoms with Gasteiger partial charge in [0.2, 0.25) is 0 Å². The van der Waals surface area contributed by atoms with Crippen LogP contribution in [0.25, 0.3) is 0 Å². The molecule has 0 spiro atoms. The molecule has 5 heteroatoms. The van der Waals surface area contributed by atoms with Crippen molar-refractivity contribution in [2.75, 3.05) is 0 Å². The van der Waals surface area contributed by atoms with E-state index in [0.29, 0.717) is 6.54 Å². The molecule has 2 aromatic heterocycles. The summed E-state index contributed by atoms with van der Waals surface area (Å²) >= 11 is 4.67. The number of pyridine rings is 1. The van der Waals surface area contributed by atoms with Gasteiger partial charge in [0.1, 0.15) is 0 Å². The fourth-order valence-electron chi connectivity index (χ4n) is 1.49. The summed E-state index contributed by atoms with van der Waals surface area (Å²) in [6.07, 6.45) is 3.52. The van der Waals surface area contributed by atoms with Gasteiger partial charge in [-0.1, -0.05) is 11.3 Å². The van der Waals surface area contributed by atoms with E-state index >= 15 is 0 Å². The maximum absolute atomic E-state index is 11.7. The van der Waals surface area contributed by atoms with E-state index in [9.17, 15) is 4.79 Å². The molecule has 0 fully saturated rings. The van der Waals surface area contributed by atoms with Crippen molar-refractivity contribution in [1.29, 1.82) is 0 Å². The molecule has 0 radical (unpaired) electrons. The van der Waals surface area contributed by atoms with Crippen LogP contribution in [0.5, 0.6) is 0 Å². The van der Waals surface area contributed by atoms with Gasteiger partial charge in [0.05, 0.1) is 6.54 Å². The Bertz CT molecular complexity index is 574. The normalized spacial score (nSPS) is 10.7. The van der Waals surface area contributed by atoms with Crippen LogP contribution in [0.15, 0.2) is 27.7 Å². The Morgan fingerprint density at radius 2 is 2.19 bits per heavy atom. The number of aryl methyl sites for hydroxylation is 1. The number of hydrogen-bond donors (Lipinski definition) is 0. The fourth-order valence-corrected chi connectivity index (χ4v) is 2.74. The zero-order valence-corrected chi connectivity index (χ0v) is 11.4. The van der Waals surface area contributed by atoms with Gasteiger partial charge in [-0.2, -0.15) is 0 Å². The Balaban J connectivity index is 2.38. The van der Waals surface area contributed by atoms with Gasteiger partial charge in [-0.05, 0) is 41.4 Å². The lowest BCUT2D eigenvalue weighted by Gasteiger charge is -2.04. The first-order valence-corrected chi connectivity index (χ1v) is 6.45. The Morgan fingerprint density at radius 3 is 2.75 bits per heavy atom. The molecule has 3 nitrogen and oxygen atoms in total. The van der Waals surface area contributed by atoms with Gasteiger partial charge in [-0.3, -0.25) is 14.3 Å². The minimum absolute atomic E-state index is 0.0926. The molecule has 2 rings (SSSR count). The van der Waals surface area contributed by atoms with Gasteiger partial charge in [0.15, 0.2) is 0 Å². The van der Waals surface area contributed by atoms with Crippen molar-refractivity contribution in [3.8, 4) is 0 Å². The average Bonchev–Trinajstić information content (AvgIpc) is 2.45. The Morgan fingerprint density at radius 1 is 1.44 bits per heavy atom. The van der Waals surface area contributed by atoms with E-state index in [0.717, 1.165) is 20.6 Å². The SMILES string of the molecule is Cc1sc(=O)n(Cc2cncc(Br)c2)c1C. The third-order valence-electron chi connectivity index (χ3n) is 2.48. The second-order valence-electron chi connectivity index (χ2n) is 3.61. The Kier molecular flexibility index (Phi) is 3.25. The molecule has 0 unspecified atom stereocenters. The van der Waals surface area contributed by atoms with Gasteiger partial charge in [-0.15, -0.1) is 0 Å². The molecule has 84 valence electrons. The Hall–Kier alpha value is -0.940. The maximum atomic E-state index is 11.7. The van der Waals surface area contributed by atoms with E-state index < -0.39 is 0 Å². The third kappa shape index (κ3) is 2.25. The summed E-state index contributed by atoms with van der Waals surface area (Å²) in [7, 11) is 0. The van der Waals surface area contributed by atoms with E-state index in [-0.39, 0.29) is 4.87 Å². The first-order valence-electron chi connectivity index (χ1n) is 4.84. The van der Waals surface area contributed by atoms with Crippen LogP contribution in [0.4, 0.5) is 0 Å². The fraction of sp³-hybridized carbons (Fsp3) is 0.273. The van der Waals surface area contributed by atoms with Crippen molar-refractivity contribution in [3.63, 3.8) is 0 Å². The smallest absolute Gasteiger partial charge is 0.299 e. The summed E-state index contributed by atoms with van der Waals surface area (Å²) in [6, 6.07) is 1.98. The van der Waals surface area contributed by atoms with E-state index in [2.05, 4.69) is 20.9 Å². The van der Waals surface area contributed by atoms with E-state index in [1.54, 1.807) is 17.0 Å². The second kappa shape index (κ2) is 4.51. The van der Waals surface area contributed by atoms with Crippen molar-refractivity contribution in [3.05, 3.63) is 48.7 Å². The van der Waals surface area contributed by atoms with Gasteiger partial charge in [-0.25, -0.2) is 0 Å². The molecule has 0 amide bonds. The van der Waals surface area contributed by atoms with Crippen molar-refractivity contribution < 1.29 is 0 Å². The van der Waals surface area contributed by atoms with Crippen molar-refractivity contribution in [2.45, 2.75) is 20.4 Å². The second-order valence-corrected chi connectivity index (χ2v) is 5.69. The maximum Gasteiger partial charge on any atom is 0.307 e. The van der Waals surface area contributed by atoms with Crippen molar-refractivity contribution >= 4 is 27.3 Å². The largest absolute Gasteiger partial charge is 0.307 e. The standard InChI is InChI=1S/C11H11BrN2OS/c1-7-8(2)16-11(15)14(7)6-9-3-10(12)5-13-4-9/h3-5H,6H2,1-2H3. The number of aromatic nitrogens is 2. The monoisotopic (exact) mass is 298 g/mol. The van der Waals surface area contributed by atoms with Crippen LogP contribution in [0.1, 0.15) is 16.1 Å². The molecule has 0 saturated heterocycles. The van der Waals surface area contributed by atoms with Crippen LogP contribution in [-0.2, 0) is 6.54 Å². The topological polar surface area (TPSA) is 34.9 Å². The Labute approximate surface area is 106 Å². The summed E-state index contributed by atoms with van der Waals surface area (Å²) in [5.41, 5.74) is 2.06. The zero-order chi connectivity index (χ0) is 11.7. The van der Waals surface area contributed by atoms with E-state index in [4.69, 9.17) is 0 Å².